The van der Waals surface area contributed by atoms with Gasteiger partial charge < -0.3 is 10.2 Å². The van der Waals surface area contributed by atoms with Gasteiger partial charge in [-0.2, -0.15) is 0 Å². The molecule has 1 N–H and O–H groups in total. The van der Waals surface area contributed by atoms with Gasteiger partial charge in [0.1, 0.15) is 0 Å². The summed E-state index contributed by atoms with van der Waals surface area (Å²) in [5, 5.41) is 2.88. The Bertz CT molecular complexity index is 908. The Hall–Kier alpha value is -2.47. The summed E-state index contributed by atoms with van der Waals surface area (Å²) < 4.78 is 0.865. The number of nitrogens with one attached hydrogen (secondary N) is 1. The van der Waals surface area contributed by atoms with Gasteiger partial charge in [0.25, 0.3) is 5.91 Å². The van der Waals surface area contributed by atoms with Crippen LogP contribution in [0.2, 0.25) is 0 Å². The molecule has 0 spiro atoms. The van der Waals surface area contributed by atoms with Crippen molar-refractivity contribution in [2.75, 3.05) is 11.9 Å². The molecule has 5 nitrogen and oxygen atoms in total. The third-order valence-corrected chi connectivity index (χ3v) is 5.38. The highest BCUT2D eigenvalue weighted by Crippen LogP contribution is 2.42. The number of hydrogen-bond acceptors (Lipinski definition) is 3. The number of rotatable bonds is 5. The normalized spacial score (nSPS) is 18.6. The lowest BCUT2D eigenvalue weighted by atomic mass is 9.84. The predicted molar refractivity (Wildman–Crippen MR) is 108 cm³/mol. The fraction of sp³-hybridized carbons (Fsp3) is 0.286. The molecule has 6 heteroatoms. The zero-order valence-corrected chi connectivity index (χ0v) is 17.0. The third-order valence-electron chi connectivity index (χ3n) is 4.85. The van der Waals surface area contributed by atoms with Gasteiger partial charge in [-0.1, -0.05) is 60.1 Å². The number of para-hydroxylation sites is 1. The average molecular weight is 429 g/mol. The van der Waals surface area contributed by atoms with E-state index in [0.717, 1.165) is 4.47 Å². The second kappa shape index (κ2) is 7.27. The van der Waals surface area contributed by atoms with E-state index in [2.05, 4.69) is 21.2 Å². The van der Waals surface area contributed by atoms with Gasteiger partial charge in [-0.25, -0.2) is 0 Å². The van der Waals surface area contributed by atoms with Crippen molar-refractivity contribution in [1.29, 1.82) is 0 Å². The molecule has 0 bridgehead atoms. The summed E-state index contributed by atoms with van der Waals surface area (Å²) in [7, 11) is 1.66. The maximum absolute atomic E-state index is 13.2. The van der Waals surface area contributed by atoms with E-state index in [1.165, 1.54) is 4.90 Å². The number of anilines is 1. The lowest BCUT2D eigenvalue weighted by Gasteiger charge is -2.30. The van der Waals surface area contributed by atoms with Crippen LogP contribution in [0.25, 0.3) is 0 Å². The van der Waals surface area contributed by atoms with Crippen molar-refractivity contribution >= 4 is 39.2 Å². The Kier molecular flexibility index (Phi) is 5.20. The number of hydrogen-bond donors (Lipinski definition) is 1. The summed E-state index contributed by atoms with van der Waals surface area (Å²) in [4.78, 5) is 40.2. The molecule has 2 aromatic carbocycles. The molecule has 0 radical (unpaired) electrons. The SMILES string of the molecule is CC(C)C(=O)N[C@]1(CC(=O)c2ccc(Br)cc2)C(=O)N(C)c2ccccc21. The van der Waals surface area contributed by atoms with Crippen LogP contribution in [0.4, 0.5) is 5.69 Å². The average Bonchev–Trinajstić information content (AvgIpc) is 2.85. The van der Waals surface area contributed by atoms with Crippen LogP contribution in [0.3, 0.4) is 0 Å². The van der Waals surface area contributed by atoms with Crippen LogP contribution in [0.15, 0.2) is 53.0 Å². The molecule has 1 heterocycles. The molecule has 2 aromatic rings. The summed E-state index contributed by atoms with van der Waals surface area (Å²) >= 11 is 3.35. The largest absolute Gasteiger partial charge is 0.337 e. The van der Waals surface area contributed by atoms with Crippen LogP contribution in [-0.2, 0) is 15.1 Å². The summed E-state index contributed by atoms with van der Waals surface area (Å²) in [6.45, 7) is 3.52. The quantitative estimate of drug-likeness (QED) is 0.738. The number of benzene rings is 2. The Morgan fingerprint density at radius 1 is 1.11 bits per heavy atom. The van der Waals surface area contributed by atoms with Gasteiger partial charge in [0.05, 0.1) is 0 Å². The minimum Gasteiger partial charge on any atom is -0.337 e. The summed E-state index contributed by atoms with van der Waals surface area (Å²) in [6, 6.07) is 14.2. The van der Waals surface area contributed by atoms with Crippen LogP contribution >= 0.6 is 15.9 Å². The molecule has 0 aromatic heterocycles. The number of ketones is 1. The van der Waals surface area contributed by atoms with Crippen molar-refractivity contribution in [2.45, 2.75) is 25.8 Å². The topological polar surface area (TPSA) is 66.5 Å². The number of halogens is 1. The number of carbonyl (C=O) groups excluding carboxylic acids is 3. The number of likely N-dealkylation sites (N-methyl/N-ethyl adjacent to an activating group) is 1. The molecular formula is C21H21BrN2O3. The van der Waals surface area contributed by atoms with Crippen LogP contribution in [0.5, 0.6) is 0 Å². The number of Topliss-reactive ketones (excluding diaryl/α,β-unsaturated/α-hetero) is 1. The molecule has 0 saturated heterocycles. The smallest absolute Gasteiger partial charge is 0.257 e. The van der Waals surface area contributed by atoms with Gasteiger partial charge in [0, 0.05) is 40.7 Å². The maximum Gasteiger partial charge on any atom is 0.257 e. The third kappa shape index (κ3) is 3.41. The number of nitrogens with zero attached hydrogens (tertiary/aromatic N) is 1. The molecule has 1 atom stereocenters. The van der Waals surface area contributed by atoms with Crippen LogP contribution < -0.4 is 10.2 Å². The van der Waals surface area contributed by atoms with Gasteiger partial charge in [0.15, 0.2) is 11.3 Å². The molecule has 0 fully saturated rings. The van der Waals surface area contributed by atoms with Gasteiger partial charge in [0.2, 0.25) is 5.91 Å². The fourth-order valence-electron chi connectivity index (χ4n) is 3.31. The molecule has 140 valence electrons. The van der Waals surface area contributed by atoms with E-state index in [9.17, 15) is 14.4 Å². The number of amides is 2. The lowest BCUT2D eigenvalue weighted by molar-refractivity contribution is -0.133. The van der Waals surface area contributed by atoms with Gasteiger partial charge in [-0.15, -0.1) is 0 Å². The molecule has 0 unspecified atom stereocenters. The van der Waals surface area contributed by atoms with Crippen LogP contribution in [0.1, 0.15) is 36.2 Å². The van der Waals surface area contributed by atoms with Crippen molar-refractivity contribution in [1.82, 2.24) is 5.32 Å². The molecule has 1 aliphatic rings. The zero-order valence-electron chi connectivity index (χ0n) is 15.5. The molecule has 0 aliphatic carbocycles. The van der Waals surface area contributed by atoms with Gasteiger partial charge >= 0.3 is 0 Å². The van der Waals surface area contributed by atoms with E-state index in [0.29, 0.717) is 16.8 Å². The number of fused-ring (bicyclic) bond motifs is 1. The lowest BCUT2D eigenvalue weighted by Crippen LogP contribution is -2.54. The monoisotopic (exact) mass is 428 g/mol. The molecule has 3 rings (SSSR count). The highest BCUT2D eigenvalue weighted by Gasteiger charge is 2.52. The maximum atomic E-state index is 13.2. The first-order valence-corrected chi connectivity index (χ1v) is 9.54. The van der Waals surface area contributed by atoms with Crippen molar-refractivity contribution in [3.8, 4) is 0 Å². The van der Waals surface area contributed by atoms with Crippen molar-refractivity contribution in [3.63, 3.8) is 0 Å². The van der Waals surface area contributed by atoms with E-state index in [-0.39, 0.29) is 29.9 Å². The standard InChI is InChI=1S/C21H21BrN2O3/c1-13(2)19(26)23-21(12-18(25)14-8-10-15(22)11-9-14)16-6-4-5-7-17(16)24(3)20(21)27/h4-11,13H,12H2,1-3H3,(H,23,26)/t21-/m0/s1. The second-order valence-electron chi connectivity index (χ2n) is 7.04. The Labute approximate surface area is 166 Å². The van der Waals surface area contributed by atoms with Gasteiger partial charge in [-0.05, 0) is 18.2 Å². The van der Waals surface area contributed by atoms with E-state index in [4.69, 9.17) is 0 Å². The van der Waals surface area contributed by atoms with Gasteiger partial charge in [-0.3, -0.25) is 14.4 Å². The highest BCUT2D eigenvalue weighted by molar-refractivity contribution is 9.10. The summed E-state index contributed by atoms with van der Waals surface area (Å²) in [5.74, 6) is -1.08. The van der Waals surface area contributed by atoms with E-state index < -0.39 is 5.54 Å². The predicted octanol–water partition coefficient (Wildman–Crippen LogP) is 3.67. The number of carbonyl (C=O) groups is 3. The Balaban J connectivity index is 2.06. The first-order valence-electron chi connectivity index (χ1n) is 8.74. The first-order chi connectivity index (χ1) is 12.8. The van der Waals surface area contributed by atoms with Crippen LogP contribution in [0, 0.1) is 5.92 Å². The Morgan fingerprint density at radius 2 is 1.74 bits per heavy atom. The molecule has 2 amide bonds. The molecule has 1 aliphatic heterocycles. The van der Waals surface area contributed by atoms with E-state index in [1.807, 2.05) is 18.2 Å². The van der Waals surface area contributed by atoms with E-state index >= 15 is 0 Å². The van der Waals surface area contributed by atoms with Crippen molar-refractivity contribution in [3.05, 3.63) is 64.1 Å². The molecule has 0 saturated carbocycles. The molecule has 27 heavy (non-hydrogen) atoms. The minimum atomic E-state index is -1.39. The summed E-state index contributed by atoms with van der Waals surface area (Å²) in [5.41, 5.74) is 0.458. The van der Waals surface area contributed by atoms with Crippen molar-refractivity contribution < 1.29 is 14.4 Å². The Morgan fingerprint density at radius 3 is 2.37 bits per heavy atom. The van der Waals surface area contributed by atoms with E-state index in [1.54, 1.807) is 51.2 Å². The summed E-state index contributed by atoms with van der Waals surface area (Å²) in [6.07, 6.45) is -0.132. The molecular weight excluding hydrogens is 408 g/mol. The van der Waals surface area contributed by atoms with Crippen LogP contribution in [-0.4, -0.2) is 24.6 Å². The second-order valence-corrected chi connectivity index (χ2v) is 7.95. The first kappa shape index (κ1) is 19.3. The highest BCUT2D eigenvalue weighted by atomic mass is 79.9. The van der Waals surface area contributed by atoms with Crippen molar-refractivity contribution in [2.24, 2.45) is 5.92 Å². The zero-order chi connectivity index (χ0) is 19.8. The minimum absolute atomic E-state index is 0.132. The fourth-order valence-corrected chi connectivity index (χ4v) is 3.57.